The van der Waals surface area contributed by atoms with E-state index < -0.39 is 24.1 Å². The predicted octanol–water partition coefficient (Wildman–Crippen LogP) is 2.24. The normalized spacial score (nSPS) is 26.7. The third kappa shape index (κ3) is 4.84. The van der Waals surface area contributed by atoms with Crippen LogP contribution in [-0.4, -0.2) is 29.8 Å². The van der Waals surface area contributed by atoms with Crippen LogP contribution in [0, 0.1) is 11.8 Å². The third-order valence-electron chi connectivity index (χ3n) is 3.37. The lowest BCUT2D eigenvalue weighted by molar-refractivity contribution is -0.186. The van der Waals surface area contributed by atoms with E-state index in [1.54, 1.807) is 6.92 Å². The van der Waals surface area contributed by atoms with Crippen molar-refractivity contribution in [2.45, 2.75) is 51.3 Å². The topological polar surface area (TPSA) is 49.3 Å². The van der Waals surface area contributed by atoms with Crippen LogP contribution in [0.25, 0.3) is 0 Å². The molecule has 3 unspecified atom stereocenters. The van der Waals surface area contributed by atoms with Crippen molar-refractivity contribution in [3.05, 3.63) is 0 Å². The van der Waals surface area contributed by atoms with Gasteiger partial charge in [0, 0.05) is 12.5 Å². The Kier molecular flexibility index (Phi) is 5.44. The van der Waals surface area contributed by atoms with E-state index in [0.717, 1.165) is 0 Å². The average Bonchev–Trinajstić information content (AvgIpc) is 2.27. The number of carbonyl (C=O) groups is 1. The van der Waals surface area contributed by atoms with Crippen LogP contribution in [0.3, 0.4) is 0 Å². The van der Waals surface area contributed by atoms with Crippen LogP contribution in [0.1, 0.15) is 39.0 Å². The summed E-state index contributed by atoms with van der Waals surface area (Å²) < 4.78 is 37.7. The number of hydrogen-bond donors (Lipinski definition) is 2. The maximum absolute atomic E-state index is 12.6. The molecule has 1 fully saturated rings. The van der Waals surface area contributed by atoms with Gasteiger partial charge in [0.1, 0.15) is 0 Å². The standard InChI is InChI=1S/C12H20F3NO2/c1-8(17)5-6-16-11(18)9-3-2-4-10(7-9)12(13,14)15/h8-10,17H,2-7H2,1H3,(H,16,18). The van der Waals surface area contributed by atoms with Crippen molar-refractivity contribution in [2.75, 3.05) is 6.54 Å². The Morgan fingerprint density at radius 3 is 2.67 bits per heavy atom. The third-order valence-corrected chi connectivity index (χ3v) is 3.37. The Morgan fingerprint density at radius 2 is 2.11 bits per heavy atom. The number of alkyl halides is 3. The molecule has 2 N–H and O–H groups in total. The van der Waals surface area contributed by atoms with Crippen molar-refractivity contribution >= 4 is 5.91 Å². The van der Waals surface area contributed by atoms with Gasteiger partial charge in [-0.15, -0.1) is 0 Å². The van der Waals surface area contributed by atoms with Crippen LogP contribution in [0.4, 0.5) is 13.2 Å². The molecule has 0 aromatic rings. The largest absolute Gasteiger partial charge is 0.393 e. The summed E-state index contributed by atoms with van der Waals surface area (Å²) in [4.78, 5) is 11.7. The predicted molar refractivity (Wildman–Crippen MR) is 60.8 cm³/mol. The minimum absolute atomic E-state index is 0.107. The van der Waals surface area contributed by atoms with E-state index in [2.05, 4.69) is 5.32 Å². The second kappa shape index (κ2) is 6.41. The molecule has 0 bridgehead atoms. The molecule has 3 nitrogen and oxygen atoms in total. The van der Waals surface area contributed by atoms with Crippen LogP contribution >= 0.6 is 0 Å². The van der Waals surface area contributed by atoms with Gasteiger partial charge in [-0.25, -0.2) is 0 Å². The lowest BCUT2D eigenvalue weighted by atomic mass is 9.80. The fraction of sp³-hybridized carbons (Fsp3) is 0.917. The van der Waals surface area contributed by atoms with Gasteiger partial charge in [-0.2, -0.15) is 13.2 Å². The van der Waals surface area contributed by atoms with Crippen molar-refractivity contribution in [3.63, 3.8) is 0 Å². The summed E-state index contributed by atoms with van der Waals surface area (Å²) in [5.41, 5.74) is 0. The molecule has 1 amide bonds. The molecule has 106 valence electrons. The van der Waals surface area contributed by atoms with E-state index >= 15 is 0 Å². The molecule has 0 aromatic heterocycles. The summed E-state index contributed by atoms with van der Waals surface area (Å²) in [6.45, 7) is 1.91. The highest BCUT2D eigenvalue weighted by Crippen LogP contribution is 2.39. The highest BCUT2D eigenvalue weighted by atomic mass is 19.4. The number of hydrogen-bond acceptors (Lipinski definition) is 2. The first kappa shape index (κ1) is 15.3. The molecule has 0 aromatic carbocycles. The summed E-state index contributed by atoms with van der Waals surface area (Å²) in [6.07, 6.45) is -3.31. The van der Waals surface area contributed by atoms with Crippen LogP contribution in [0.2, 0.25) is 0 Å². The fourth-order valence-electron chi connectivity index (χ4n) is 2.27. The zero-order valence-electron chi connectivity index (χ0n) is 10.5. The van der Waals surface area contributed by atoms with Gasteiger partial charge in [0.2, 0.25) is 5.91 Å². The molecule has 0 heterocycles. The molecule has 1 aliphatic carbocycles. The molecule has 0 aliphatic heterocycles. The molecule has 0 radical (unpaired) electrons. The van der Waals surface area contributed by atoms with E-state index in [4.69, 9.17) is 5.11 Å². The van der Waals surface area contributed by atoms with Gasteiger partial charge >= 0.3 is 6.18 Å². The van der Waals surface area contributed by atoms with Gasteiger partial charge < -0.3 is 10.4 Å². The molecule has 3 atom stereocenters. The van der Waals surface area contributed by atoms with Crippen LogP contribution < -0.4 is 5.32 Å². The average molecular weight is 267 g/mol. The summed E-state index contributed by atoms with van der Waals surface area (Å²) in [5.74, 6) is -2.21. The van der Waals surface area contributed by atoms with Gasteiger partial charge in [0.05, 0.1) is 12.0 Å². The van der Waals surface area contributed by atoms with Crippen LogP contribution in [-0.2, 0) is 4.79 Å². The monoisotopic (exact) mass is 267 g/mol. The van der Waals surface area contributed by atoms with Crippen molar-refractivity contribution < 1.29 is 23.1 Å². The van der Waals surface area contributed by atoms with Crippen LogP contribution in [0.5, 0.6) is 0 Å². The zero-order valence-corrected chi connectivity index (χ0v) is 10.5. The summed E-state index contributed by atoms with van der Waals surface area (Å²) in [7, 11) is 0. The Bertz CT molecular complexity index is 279. The zero-order chi connectivity index (χ0) is 13.8. The van der Waals surface area contributed by atoms with E-state index in [-0.39, 0.29) is 18.7 Å². The fourth-order valence-corrected chi connectivity index (χ4v) is 2.27. The van der Waals surface area contributed by atoms with E-state index in [1.807, 2.05) is 0 Å². The summed E-state index contributed by atoms with van der Waals surface area (Å²) in [5, 5.41) is 11.6. The second-order valence-corrected chi connectivity index (χ2v) is 5.03. The van der Waals surface area contributed by atoms with Crippen molar-refractivity contribution in [3.8, 4) is 0 Å². The van der Waals surface area contributed by atoms with Crippen molar-refractivity contribution in [1.82, 2.24) is 5.32 Å². The van der Waals surface area contributed by atoms with Gasteiger partial charge in [-0.05, 0) is 32.6 Å². The molecular weight excluding hydrogens is 247 g/mol. The molecule has 6 heteroatoms. The Morgan fingerprint density at radius 1 is 1.44 bits per heavy atom. The minimum atomic E-state index is -4.20. The number of rotatable bonds is 4. The Hall–Kier alpha value is -0.780. The molecular formula is C12H20F3NO2. The number of nitrogens with one attached hydrogen (secondary N) is 1. The maximum atomic E-state index is 12.6. The van der Waals surface area contributed by atoms with E-state index in [0.29, 0.717) is 25.8 Å². The van der Waals surface area contributed by atoms with Crippen molar-refractivity contribution in [1.29, 1.82) is 0 Å². The molecule has 1 saturated carbocycles. The molecule has 0 saturated heterocycles. The molecule has 0 spiro atoms. The van der Waals surface area contributed by atoms with Gasteiger partial charge in [-0.3, -0.25) is 4.79 Å². The van der Waals surface area contributed by atoms with E-state index in [1.165, 1.54) is 0 Å². The first-order chi connectivity index (χ1) is 8.30. The minimum Gasteiger partial charge on any atom is -0.393 e. The SMILES string of the molecule is CC(O)CCNC(=O)C1CCCC(C(F)(F)F)C1. The molecule has 1 aliphatic rings. The molecule has 1 rings (SSSR count). The number of aliphatic hydroxyl groups excluding tert-OH is 1. The highest BCUT2D eigenvalue weighted by molar-refractivity contribution is 5.78. The number of amides is 1. The quantitative estimate of drug-likeness (QED) is 0.820. The number of halogens is 3. The van der Waals surface area contributed by atoms with Gasteiger partial charge in [0.25, 0.3) is 0 Å². The Labute approximate surface area is 105 Å². The van der Waals surface area contributed by atoms with Gasteiger partial charge in [0.15, 0.2) is 0 Å². The highest BCUT2D eigenvalue weighted by Gasteiger charge is 2.43. The second-order valence-electron chi connectivity index (χ2n) is 5.03. The van der Waals surface area contributed by atoms with E-state index in [9.17, 15) is 18.0 Å². The van der Waals surface area contributed by atoms with Crippen LogP contribution in [0.15, 0.2) is 0 Å². The first-order valence-electron chi connectivity index (χ1n) is 6.33. The summed E-state index contributed by atoms with van der Waals surface area (Å²) in [6, 6.07) is 0. The smallest absolute Gasteiger partial charge is 0.391 e. The maximum Gasteiger partial charge on any atom is 0.391 e. The lowest BCUT2D eigenvalue weighted by Crippen LogP contribution is -2.38. The first-order valence-corrected chi connectivity index (χ1v) is 6.33. The summed E-state index contributed by atoms with van der Waals surface area (Å²) >= 11 is 0. The van der Waals surface area contributed by atoms with Crippen molar-refractivity contribution in [2.24, 2.45) is 11.8 Å². The number of carbonyl (C=O) groups excluding carboxylic acids is 1. The Balaban J connectivity index is 2.39. The lowest BCUT2D eigenvalue weighted by Gasteiger charge is -2.29. The molecule has 18 heavy (non-hydrogen) atoms. The number of aliphatic hydroxyl groups is 1. The van der Waals surface area contributed by atoms with Gasteiger partial charge in [-0.1, -0.05) is 6.42 Å².